The first-order valence-corrected chi connectivity index (χ1v) is 8.68. The maximum atomic E-state index is 13.7. The van der Waals surface area contributed by atoms with Crippen molar-refractivity contribution in [2.45, 2.75) is 49.8 Å². The molecule has 0 radical (unpaired) electrons. The van der Waals surface area contributed by atoms with Gasteiger partial charge in [0.2, 0.25) is 0 Å². The molecule has 1 aliphatic rings. The Balaban J connectivity index is 1.84. The second-order valence-electron chi connectivity index (χ2n) is 5.63. The van der Waals surface area contributed by atoms with Gasteiger partial charge >= 0.3 is 0 Å². The van der Waals surface area contributed by atoms with Crippen LogP contribution in [0.1, 0.15) is 37.7 Å². The summed E-state index contributed by atoms with van der Waals surface area (Å²) in [5.74, 6) is 6.59. The fraction of sp³-hybridized carbons (Fsp3) is 0.625. The molecule has 1 aromatic rings. The number of hydrogen-bond acceptors (Lipinski definition) is 4. The summed E-state index contributed by atoms with van der Waals surface area (Å²) in [5, 5.41) is 0.766. The van der Waals surface area contributed by atoms with Crippen LogP contribution in [0.4, 0.5) is 4.39 Å². The lowest BCUT2D eigenvalue weighted by Crippen LogP contribution is -2.39. The molecule has 1 atom stereocenters. The Morgan fingerprint density at radius 3 is 2.76 bits per heavy atom. The molecule has 0 aliphatic heterocycles. The lowest BCUT2D eigenvalue weighted by Gasteiger charge is -2.23. The first-order chi connectivity index (χ1) is 10.2. The molecule has 0 bridgehead atoms. The number of ether oxygens (including phenoxy) is 1. The molecule has 0 saturated heterocycles. The molecular formula is C16H25FN2OS. The summed E-state index contributed by atoms with van der Waals surface area (Å²) in [6.45, 7) is 0. The molecule has 1 aromatic carbocycles. The van der Waals surface area contributed by atoms with Crippen molar-refractivity contribution < 1.29 is 9.13 Å². The molecule has 0 heterocycles. The van der Waals surface area contributed by atoms with Crippen LogP contribution in [0, 0.1) is 5.82 Å². The van der Waals surface area contributed by atoms with E-state index < -0.39 is 0 Å². The highest BCUT2D eigenvalue weighted by molar-refractivity contribution is 7.99. The standard InChI is InChI=1S/C16H25FN2OS/c1-20-16-8-7-12(10-15(16)17)9-13(19-18)11-21-14-5-3-2-4-6-14/h7-8,10,13-14,19H,2-6,9,11,18H2,1H3. The van der Waals surface area contributed by atoms with Crippen LogP contribution in [-0.4, -0.2) is 24.2 Å². The lowest BCUT2D eigenvalue weighted by atomic mass is 10.0. The molecule has 0 amide bonds. The molecule has 0 aromatic heterocycles. The Morgan fingerprint density at radius 1 is 1.38 bits per heavy atom. The van der Waals surface area contributed by atoms with Crippen molar-refractivity contribution in [3.05, 3.63) is 29.6 Å². The van der Waals surface area contributed by atoms with E-state index in [4.69, 9.17) is 10.6 Å². The SMILES string of the molecule is COc1ccc(CC(CSC2CCCCC2)NN)cc1F. The minimum absolute atomic E-state index is 0.171. The van der Waals surface area contributed by atoms with Gasteiger partial charge in [-0.2, -0.15) is 11.8 Å². The van der Waals surface area contributed by atoms with Gasteiger partial charge in [-0.1, -0.05) is 25.3 Å². The molecule has 1 saturated carbocycles. The van der Waals surface area contributed by atoms with Gasteiger partial charge < -0.3 is 4.74 Å². The van der Waals surface area contributed by atoms with E-state index >= 15 is 0 Å². The number of rotatable bonds is 7. The smallest absolute Gasteiger partial charge is 0.165 e. The molecule has 3 nitrogen and oxygen atoms in total. The number of benzene rings is 1. The van der Waals surface area contributed by atoms with E-state index in [0.29, 0.717) is 0 Å². The quantitative estimate of drug-likeness (QED) is 0.599. The average molecular weight is 312 g/mol. The predicted molar refractivity (Wildman–Crippen MR) is 87.1 cm³/mol. The van der Waals surface area contributed by atoms with E-state index in [2.05, 4.69) is 5.43 Å². The fourth-order valence-electron chi connectivity index (χ4n) is 2.77. The minimum Gasteiger partial charge on any atom is -0.494 e. The third-order valence-electron chi connectivity index (χ3n) is 4.02. The van der Waals surface area contributed by atoms with E-state index in [1.54, 1.807) is 6.07 Å². The monoisotopic (exact) mass is 312 g/mol. The maximum Gasteiger partial charge on any atom is 0.165 e. The van der Waals surface area contributed by atoms with Gasteiger partial charge in [0.25, 0.3) is 0 Å². The van der Waals surface area contributed by atoms with E-state index in [1.165, 1.54) is 45.3 Å². The number of hydrazine groups is 1. The first kappa shape index (κ1) is 16.6. The van der Waals surface area contributed by atoms with Gasteiger partial charge in [-0.3, -0.25) is 11.3 Å². The summed E-state index contributed by atoms with van der Waals surface area (Å²) in [7, 11) is 1.48. The van der Waals surface area contributed by atoms with Crippen LogP contribution >= 0.6 is 11.8 Å². The minimum atomic E-state index is -0.314. The van der Waals surface area contributed by atoms with Crippen LogP contribution in [0.2, 0.25) is 0 Å². The Hall–Kier alpha value is -0.780. The third-order valence-corrected chi connectivity index (χ3v) is 5.56. The number of halogens is 1. The lowest BCUT2D eigenvalue weighted by molar-refractivity contribution is 0.386. The van der Waals surface area contributed by atoms with Crippen molar-refractivity contribution in [2.24, 2.45) is 5.84 Å². The van der Waals surface area contributed by atoms with Gasteiger partial charge in [0.1, 0.15) is 0 Å². The third kappa shape index (κ3) is 5.16. The zero-order valence-corrected chi connectivity index (χ0v) is 13.4. The van der Waals surface area contributed by atoms with Gasteiger partial charge in [0.05, 0.1) is 7.11 Å². The highest BCUT2D eigenvalue weighted by atomic mass is 32.2. The van der Waals surface area contributed by atoms with Crippen molar-refractivity contribution >= 4 is 11.8 Å². The summed E-state index contributed by atoms with van der Waals surface area (Å²) in [6.07, 6.45) is 7.44. The topological polar surface area (TPSA) is 47.3 Å². The van der Waals surface area contributed by atoms with Crippen molar-refractivity contribution in [3.63, 3.8) is 0 Å². The van der Waals surface area contributed by atoms with E-state index in [0.717, 1.165) is 23.0 Å². The molecule has 0 spiro atoms. The molecular weight excluding hydrogens is 287 g/mol. The van der Waals surface area contributed by atoms with Crippen molar-refractivity contribution in [1.82, 2.24) is 5.43 Å². The largest absolute Gasteiger partial charge is 0.494 e. The van der Waals surface area contributed by atoms with Crippen molar-refractivity contribution in [2.75, 3.05) is 12.9 Å². The van der Waals surface area contributed by atoms with Gasteiger partial charge in [-0.15, -0.1) is 0 Å². The summed E-state index contributed by atoms with van der Waals surface area (Å²) in [6, 6.07) is 5.28. The van der Waals surface area contributed by atoms with E-state index in [9.17, 15) is 4.39 Å². The van der Waals surface area contributed by atoms with Gasteiger partial charge in [-0.25, -0.2) is 4.39 Å². The fourth-order valence-corrected chi connectivity index (χ4v) is 4.16. The van der Waals surface area contributed by atoms with Crippen molar-refractivity contribution in [1.29, 1.82) is 0 Å². The molecule has 1 unspecified atom stereocenters. The van der Waals surface area contributed by atoms with Crippen LogP contribution in [0.3, 0.4) is 0 Å². The molecule has 1 aliphatic carbocycles. The van der Waals surface area contributed by atoms with Crippen LogP contribution in [-0.2, 0) is 6.42 Å². The zero-order chi connectivity index (χ0) is 15.1. The zero-order valence-electron chi connectivity index (χ0n) is 12.6. The second-order valence-corrected chi connectivity index (χ2v) is 6.96. The Labute approximate surface area is 130 Å². The van der Waals surface area contributed by atoms with Gasteiger partial charge in [0, 0.05) is 17.0 Å². The van der Waals surface area contributed by atoms with Crippen LogP contribution in [0.15, 0.2) is 18.2 Å². The summed E-state index contributed by atoms with van der Waals surface area (Å²) < 4.78 is 18.6. The number of nitrogens with two attached hydrogens (primary N) is 1. The van der Waals surface area contributed by atoms with Crippen LogP contribution < -0.4 is 16.0 Å². The van der Waals surface area contributed by atoms with E-state index in [1.807, 2.05) is 17.8 Å². The van der Waals surface area contributed by atoms with Crippen LogP contribution in [0.25, 0.3) is 0 Å². The molecule has 118 valence electrons. The van der Waals surface area contributed by atoms with Gasteiger partial charge in [0.15, 0.2) is 11.6 Å². The molecule has 3 N–H and O–H groups in total. The maximum absolute atomic E-state index is 13.7. The Morgan fingerprint density at radius 2 is 2.14 bits per heavy atom. The van der Waals surface area contributed by atoms with Crippen LogP contribution in [0.5, 0.6) is 5.75 Å². The molecule has 2 rings (SSSR count). The summed E-state index contributed by atoms with van der Waals surface area (Å²) in [5.41, 5.74) is 3.81. The second kappa shape index (κ2) is 8.61. The van der Waals surface area contributed by atoms with E-state index in [-0.39, 0.29) is 17.6 Å². The summed E-state index contributed by atoms with van der Waals surface area (Å²) >= 11 is 2.00. The average Bonchev–Trinajstić information content (AvgIpc) is 2.52. The highest BCUT2D eigenvalue weighted by Gasteiger charge is 2.17. The highest BCUT2D eigenvalue weighted by Crippen LogP contribution is 2.29. The Bertz CT molecular complexity index is 438. The molecule has 5 heteroatoms. The normalized spacial score (nSPS) is 17.7. The van der Waals surface area contributed by atoms with Gasteiger partial charge in [-0.05, 0) is 37.0 Å². The number of thioether (sulfide) groups is 1. The Kier molecular flexibility index (Phi) is 6.80. The first-order valence-electron chi connectivity index (χ1n) is 7.63. The predicted octanol–water partition coefficient (Wildman–Crippen LogP) is 3.27. The summed E-state index contributed by atoms with van der Waals surface area (Å²) in [4.78, 5) is 0. The number of methoxy groups -OCH3 is 1. The molecule has 21 heavy (non-hydrogen) atoms. The number of hydrogen-bond donors (Lipinski definition) is 2. The van der Waals surface area contributed by atoms with Crippen molar-refractivity contribution in [3.8, 4) is 5.75 Å². The number of nitrogens with one attached hydrogen (secondary N) is 1. The molecule has 1 fully saturated rings.